The van der Waals surface area contributed by atoms with Crippen LogP contribution < -0.4 is 0 Å². The van der Waals surface area contributed by atoms with Crippen LogP contribution in [-0.4, -0.2) is 43.8 Å². The highest BCUT2D eigenvalue weighted by Gasteiger charge is 2.43. The molecule has 138 valence electrons. The lowest BCUT2D eigenvalue weighted by molar-refractivity contribution is 0.175. The fourth-order valence-corrected chi connectivity index (χ4v) is 6.08. The Balaban J connectivity index is 1.80. The fraction of sp³-hybridized carbons (Fsp3) is 0.400. The second-order valence-electron chi connectivity index (χ2n) is 7.15. The zero-order valence-electron chi connectivity index (χ0n) is 14.8. The number of fused-ring (bicyclic) bond motifs is 1. The number of rotatable bonds is 3. The van der Waals surface area contributed by atoms with Gasteiger partial charge in [-0.2, -0.15) is 4.31 Å². The van der Waals surface area contributed by atoms with Crippen LogP contribution in [0.4, 0.5) is 0 Å². The van der Waals surface area contributed by atoms with Crippen LogP contribution in [0.1, 0.15) is 30.0 Å². The lowest BCUT2D eigenvalue weighted by Gasteiger charge is -2.41. The minimum absolute atomic E-state index is 0.145. The van der Waals surface area contributed by atoms with Crippen molar-refractivity contribution in [3.05, 3.63) is 64.7 Å². The van der Waals surface area contributed by atoms with Crippen molar-refractivity contribution >= 4 is 21.6 Å². The van der Waals surface area contributed by atoms with E-state index < -0.39 is 10.0 Å². The molecule has 0 spiro atoms. The maximum atomic E-state index is 13.4. The van der Waals surface area contributed by atoms with Crippen LogP contribution >= 0.6 is 11.6 Å². The number of halogens is 1. The van der Waals surface area contributed by atoms with Crippen molar-refractivity contribution in [2.75, 3.05) is 20.1 Å². The highest BCUT2D eigenvalue weighted by Crippen LogP contribution is 2.40. The van der Waals surface area contributed by atoms with Gasteiger partial charge >= 0.3 is 0 Å². The molecule has 2 aromatic rings. The second-order valence-corrected chi connectivity index (χ2v) is 9.48. The summed E-state index contributed by atoms with van der Waals surface area (Å²) < 4.78 is 28.6. The summed E-state index contributed by atoms with van der Waals surface area (Å²) in [5, 5.41) is 0.542. The van der Waals surface area contributed by atoms with Gasteiger partial charge in [0.25, 0.3) is 0 Å². The molecule has 4 rings (SSSR count). The van der Waals surface area contributed by atoms with Crippen molar-refractivity contribution in [3.8, 4) is 0 Å². The van der Waals surface area contributed by atoms with Crippen LogP contribution in [0.5, 0.6) is 0 Å². The second kappa shape index (κ2) is 6.97. The van der Waals surface area contributed by atoms with Gasteiger partial charge in [-0.3, -0.25) is 0 Å². The molecule has 26 heavy (non-hydrogen) atoms. The Labute approximate surface area is 160 Å². The monoisotopic (exact) mass is 390 g/mol. The molecule has 2 atom stereocenters. The van der Waals surface area contributed by atoms with E-state index in [0.717, 1.165) is 31.4 Å². The van der Waals surface area contributed by atoms with Crippen LogP contribution in [0.25, 0.3) is 0 Å². The molecule has 0 N–H and O–H groups in total. The smallest absolute Gasteiger partial charge is 0.243 e. The molecule has 0 radical (unpaired) electrons. The number of benzene rings is 2. The van der Waals surface area contributed by atoms with Gasteiger partial charge < -0.3 is 4.90 Å². The van der Waals surface area contributed by atoms with E-state index >= 15 is 0 Å². The number of hydrogen-bond donors (Lipinski definition) is 0. The number of hydrogen-bond acceptors (Lipinski definition) is 3. The molecule has 2 aliphatic heterocycles. The van der Waals surface area contributed by atoms with Gasteiger partial charge in [0.15, 0.2) is 0 Å². The topological polar surface area (TPSA) is 40.6 Å². The first kappa shape index (κ1) is 18.0. The molecule has 0 aromatic heterocycles. The normalized spacial score (nSPS) is 24.5. The molecule has 0 bridgehead atoms. The molecule has 2 aromatic carbocycles. The van der Waals surface area contributed by atoms with Crippen LogP contribution in [0, 0.1) is 0 Å². The van der Waals surface area contributed by atoms with Crippen molar-refractivity contribution in [1.29, 1.82) is 0 Å². The lowest BCUT2D eigenvalue weighted by atomic mass is 9.89. The summed E-state index contributed by atoms with van der Waals surface area (Å²) in [6.07, 6.45) is 2.87. The summed E-state index contributed by atoms with van der Waals surface area (Å²) >= 11 is 5.95. The molecular formula is C20H23ClN2O2S. The lowest BCUT2D eigenvalue weighted by Crippen LogP contribution is -2.48. The van der Waals surface area contributed by atoms with E-state index in [-0.39, 0.29) is 12.1 Å². The average molecular weight is 391 g/mol. The Bertz CT molecular complexity index is 898. The summed E-state index contributed by atoms with van der Waals surface area (Å²) in [6.45, 7) is 1.52. The van der Waals surface area contributed by atoms with Gasteiger partial charge in [0, 0.05) is 17.6 Å². The predicted octanol–water partition coefficient (Wildman–Crippen LogP) is 3.72. The molecule has 4 nitrogen and oxygen atoms in total. The highest BCUT2D eigenvalue weighted by atomic mass is 35.5. The fourth-order valence-electron chi connectivity index (χ4n) is 4.32. The summed E-state index contributed by atoms with van der Waals surface area (Å²) in [6, 6.07) is 14.8. The third-order valence-corrected chi connectivity index (χ3v) is 7.79. The number of likely N-dealkylation sites (N-methyl/N-ethyl adjacent to an activating group) is 1. The molecule has 1 fully saturated rings. The zero-order valence-corrected chi connectivity index (χ0v) is 16.4. The van der Waals surface area contributed by atoms with Crippen LogP contribution in [-0.2, 0) is 16.4 Å². The van der Waals surface area contributed by atoms with E-state index in [1.165, 1.54) is 5.56 Å². The first-order valence-corrected chi connectivity index (χ1v) is 10.9. The summed E-state index contributed by atoms with van der Waals surface area (Å²) in [5.74, 6) is 0. The van der Waals surface area contributed by atoms with Crippen molar-refractivity contribution < 1.29 is 8.42 Å². The third kappa shape index (κ3) is 3.07. The van der Waals surface area contributed by atoms with Gasteiger partial charge in [-0.25, -0.2) is 8.42 Å². The molecule has 0 aliphatic carbocycles. The molecule has 0 amide bonds. The standard InChI is InChI=1S/C20H23ClN2O2S/c1-22-13-4-7-19(22)20-18-6-3-2-5-15(18)12-14-23(20)26(24,25)17-10-8-16(21)9-11-17/h2-3,5-6,8-11,19-20H,4,7,12-14H2,1H3. The number of likely N-dealkylation sites (tertiary alicyclic amines) is 1. The minimum Gasteiger partial charge on any atom is -0.301 e. The molecule has 1 saturated heterocycles. The van der Waals surface area contributed by atoms with E-state index in [9.17, 15) is 8.42 Å². The average Bonchev–Trinajstić information content (AvgIpc) is 3.06. The van der Waals surface area contributed by atoms with Crippen molar-refractivity contribution in [2.24, 2.45) is 0 Å². The van der Waals surface area contributed by atoms with Gasteiger partial charge in [-0.05, 0) is 68.2 Å². The Kier molecular flexibility index (Phi) is 4.82. The van der Waals surface area contributed by atoms with Crippen LogP contribution in [0.3, 0.4) is 0 Å². The van der Waals surface area contributed by atoms with E-state index in [1.807, 2.05) is 12.1 Å². The largest absolute Gasteiger partial charge is 0.301 e. The maximum Gasteiger partial charge on any atom is 0.243 e. The molecule has 0 saturated carbocycles. The summed E-state index contributed by atoms with van der Waals surface area (Å²) in [7, 11) is -1.48. The Morgan fingerprint density at radius 3 is 2.46 bits per heavy atom. The summed E-state index contributed by atoms with van der Waals surface area (Å²) in [4.78, 5) is 2.61. The highest BCUT2D eigenvalue weighted by molar-refractivity contribution is 7.89. The van der Waals surface area contributed by atoms with E-state index in [2.05, 4.69) is 24.1 Å². The van der Waals surface area contributed by atoms with Crippen molar-refractivity contribution in [2.45, 2.75) is 36.2 Å². The van der Waals surface area contributed by atoms with Gasteiger partial charge in [-0.1, -0.05) is 35.9 Å². The van der Waals surface area contributed by atoms with Crippen LogP contribution in [0.15, 0.2) is 53.4 Å². The molecule has 2 aliphatic rings. The van der Waals surface area contributed by atoms with E-state index in [1.54, 1.807) is 28.6 Å². The quantitative estimate of drug-likeness (QED) is 0.801. The molecule has 2 unspecified atom stereocenters. The molecular weight excluding hydrogens is 368 g/mol. The summed E-state index contributed by atoms with van der Waals surface area (Å²) in [5.41, 5.74) is 2.41. The van der Waals surface area contributed by atoms with Gasteiger partial charge in [-0.15, -0.1) is 0 Å². The Morgan fingerprint density at radius 2 is 1.77 bits per heavy atom. The number of sulfonamides is 1. The van der Waals surface area contributed by atoms with Gasteiger partial charge in [0.05, 0.1) is 10.9 Å². The molecule has 2 heterocycles. The SMILES string of the molecule is CN1CCCC1C1c2ccccc2CCN1S(=O)(=O)c1ccc(Cl)cc1. The Hall–Kier alpha value is -1.40. The Morgan fingerprint density at radius 1 is 1.04 bits per heavy atom. The van der Waals surface area contributed by atoms with Crippen molar-refractivity contribution in [1.82, 2.24) is 9.21 Å². The third-order valence-electron chi connectivity index (χ3n) is 5.65. The van der Waals surface area contributed by atoms with Gasteiger partial charge in [0.2, 0.25) is 10.0 Å². The zero-order chi connectivity index (χ0) is 18.3. The first-order valence-electron chi connectivity index (χ1n) is 9.04. The van der Waals surface area contributed by atoms with Crippen molar-refractivity contribution in [3.63, 3.8) is 0 Å². The van der Waals surface area contributed by atoms with E-state index in [0.29, 0.717) is 16.5 Å². The van der Waals surface area contributed by atoms with Crippen LogP contribution in [0.2, 0.25) is 5.02 Å². The van der Waals surface area contributed by atoms with E-state index in [4.69, 9.17) is 11.6 Å². The molecule has 6 heteroatoms. The number of nitrogens with zero attached hydrogens (tertiary/aromatic N) is 2. The predicted molar refractivity (Wildman–Crippen MR) is 104 cm³/mol. The first-order chi connectivity index (χ1) is 12.5. The van der Waals surface area contributed by atoms with Gasteiger partial charge in [0.1, 0.15) is 0 Å². The minimum atomic E-state index is -3.58. The maximum absolute atomic E-state index is 13.4.